The van der Waals surface area contributed by atoms with Gasteiger partial charge in [-0.05, 0) is 37.1 Å². The SMILES string of the molecule is O=C(c1cc(Cl)c2c(c1)OCCO2)N1CCCC1c1nc2ccccc2s1. The van der Waals surface area contributed by atoms with Crippen LogP contribution in [0, 0.1) is 0 Å². The van der Waals surface area contributed by atoms with Crippen molar-refractivity contribution in [2.45, 2.75) is 18.9 Å². The van der Waals surface area contributed by atoms with E-state index in [1.54, 1.807) is 23.5 Å². The molecular formula is C20H17ClN2O3S. The first-order chi connectivity index (χ1) is 13.2. The van der Waals surface area contributed by atoms with Gasteiger partial charge in [-0.2, -0.15) is 0 Å². The maximum absolute atomic E-state index is 13.2. The molecule has 2 aliphatic rings. The van der Waals surface area contributed by atoms with Gasteiger partial charge in [-0.15, -0.1) is 11.3 Å². The Kier molecular flexibility index (Phi) is 4.17. The molecule has 1 amide bonds. The Bertz CT molecular complexity index is 1000. The molecule has 0 bridgehead atoms. The molecule has 3 heterocycles. The van der Waals surface area contributed by atoms with E-state index in [4.69, 9.17) is 26.1 Å². The predicted molar refractivity (Wildman–Crippen MR) is 105 cm³/mol. The zero-order valence-electron chi connectivity index (χ0n) is 14.5. The van der Waals surface area contributed by atoms with Crippen LogP contribution in [0.15, 0.2) is 36.4 Å². The summed E-state index contributed by atoms with van der Waals surface area (Å²) in [5.41, 5.74) is 1.51. The average Bonchev–Trinajstić information content (AvgIpc) is 3.34. The molecule has 2 aromatic carbocycles. The normalized spacial score (nSPS) is 18.9. The lowest BCUT2D eigenvalue weighted by Crippen LogP contribution is -2.30. The Morgan fingerprint density at radius 2 is 2.07 bits per heavy atom. The number of halogens is 1. The van der Waals surface area contributed by atoms with Gasteiger partial charge in [-0.1, -0.05) is 23.7 Å². The van der Waals surface area contributed by atoms with E-state index in [1.807, 2.05) is 23.1 Å². The van der Waals surface area contributed by atoms with Crippen LogP contribution in [0.1, 0.15) is 34.2 Å². The molecule has 1 unspecified atom stereocenters. The molecule has 0 spiro atoms. The van der Waals surface area contributed by atoms with E-state index in [0.29, 0.717) is 41.8 Å². The van der Waals surface area contributed by atoms with Crippen molar-refractivity contribution < 1.29 is 14.3 Å². The van der Waals surface area contributed by atoms with Crippen LogP contribution in [0.4, 0.5) is 0 Å². The number of carbonyl (C=O) groups excluding carboxylic acids is 1. The number of thiazole rings is 1. The Hall–Kier alpha value is -2.31. The smallest absolute Gasteiger partial charge is 0.254 e. The minimum atomic E-state index is -0.0457. The summed E-state index contributed by atoms with van der Waals surface area (Å²) in [5, 5.41) is 1.40. The van der Waals surface area contributed by atoms with E-state index in [9.17, 15) is 4.79 Å². The maximum atomic E-state index is 13.2. The molecule has 1 saturated heterocycles. The van der Waals surface area contributed by atoms with Gasteiger partial charge in [0.2, 0.25) is 0 Å². The van der Waals surface area contributed by atoms with Crippen molar-refractivity contribution in [3.05, 3.63) is 52.0 Å². The van der Waals surface area contributed by atoms with Crippen molar-refractivity contribution in [1.29, 1.82) is 0 Å². The largest absolute Gasteiger partial charge is 0.486 e. The monoisotopic (exact) mass is 400 g/mol. The second-order valence-electron chi connectivity index (χ2n) is 6.66. The van der Waals surface area contributed by atoms with E-state index in [-0.39, 0.29) is 11.9 Å². The molecule has 5 rings (SSSR count). The van der Waals surface area contributed by atoms with E-state index in [2.05, 4.69) is 6.07 Å². The third-order valence-corrected chi connectivity index (χ3v) is 6.37. The molecule has 0 aliphatic carbocycles. The minimum absolute atomic E-state index is 0.00174. The number of fused-ring (bicyclic) bond motifs is 2. The van der Waals surface area contributed by atoms with Crippen LogP contribution in [0.3, 0.4) is 0 Å². The van der Waals surface area contributed by atoms with E-state index in [0.717, 1.165) is 28.1 Å². The van der Waals surface area contributed by atoms with E-state index < -0.39 is 0 Å². The number of carbonyl (C=O) groups is 1. The summed E-state index contributed by atoms with van der Waals surface area (Å²) >= 11 is 7.98. The van der Waals surface area contributed by atoms with Crippen LogP contribution in [-0.4, -0.2) is 35.5 Å². The summed E-state index contributed by atoms with van der Waals surface area (Å²) in [6, 6.07) is 11.5. The van der Waals surface area contributed by atoms with Crippen LogP contribution < -0.4 is 9.47 Å². The Balaban J connectivity index is 1.48. The van der Waals surface area contributed by atoms with E-state index in [1.165, 1.54) is 0 Å². The first-order valence-corrected chi connectivity index (χ1v) is 10.2. The fourth-order valence-electron chi connectivity index (χ4n) is 3.70. The summed E-state index contributed by atoms with van der Waals surface area (Å²) in [7, 11) is 0. The standard InChI is InChI=1S/C20H17ClN2O3S/c21-13-10-12(11-16-18(13)26-9-8-25-16)20(24)23-7-3-5-15(23)19-22-14-4-1-2-6-17(14)27-19/h1-2,4,6,10-11,15H,3,5,7-9H2. The lowest BCUT2D eigenvalue weighted by atomic mass is 10.1. The number of para-hydroxylation sites is 1. The Labute approximate surface area is 165 Å². The van der Waals surface area contributed by atoms with Gasteiger partial charge in [0.25, 0.3) is 5.91 Å². The lowest BCUT2D eigenvalue weighted by Gasteiger charge is -2.25. The number of benzene rings is 2. The van der Waals surface area contributed by atoms with Crippen LogP contribution in [0.2, 0.25) is 5.02 Å². The molecule has 2 aliphatic heterocycles. The number of ether oxygens (including phenoxy) is 2. The molecule has 138 valence electrons. The summed E-state index contributed by atoms with van der Waals surface area (Å²) < 4.78 is 12.3. The van der Waals surface area contributed by atoms with Crippen molar-refractivity contribution in [2.75, 3.05) is 19.8 Å². The van der Waals surface area contributed by atoms with Gasteiger partial charge in [0.1, 0.15) is 18.2 Å². The number of nitrogens with zero attached hydrogens (tertiary/aromatic N) is 2. The summed E-state index contributed by atoms with van der Waals surface area (Å²) in [5.74, 6) is 1.01. The first-order valence-electron chi connectivity index (χ1n) is 8.96. The predicted octanol–water partition coefficient (Wildman–Crippen LogP) is 4.70. The highest BCUT2D eigenvalue weighted by Crippen LogP contribution is 2.41. The molecule has 0 radical (unpaired) electrons. The molecule has 1 fully saturated rings. The van der Waals surface area contributed by atoms with Crippen molar-refractivity contribution >= 4 is 39.1 Å². The summed E-state index contributed by atoms with van der Waals surface area (Å²) in [6.07, 6.45) is 1.88. The molecule has 3 aromatic rings. The number of rotatable bonds is 2. The zero-order chi connectivity index (χ0) is 18.4. The number of aromatic nitrogens is 1. The molecule has 0 saturated carbocycles. The molecule has 27 heavy (non-hydrogen) atoms. The van der Waals surface area contributed by atoms with Gasteiger partial charge < -0.3 is 14.4 Å². The average molecular weight is 401 g/mol. The first kappa shape index (κ1) is 16.8. The highest BCUT2D eigenvalue weighted by Gasteiger charge is 2.33. The number of amides is 1. The number of hydrogen-bond acceptors (Lipinski definition) is 5. The number of hydrogen-bond donors (Lipinski definition) is 0. The van der Waals surface area contributed by atoms with Crippen LogP contribution in [0.5, 0.6) is 11.5 Å². The molecule has 0 N–H and O–H groups in total. The van der Waals surface area contributed by atoms with Gasteiger partial charge in [-0.25, -0.2) is 4.98 Å². The summed E-state index contributed by atoms with van der Waals surface area (Å²) in [6.45, 7) is 1.64. The van der Waals surface area contributed by atoms with Crippen molar-refractivity contribution in [2.24, 2.45) is 0 Å². The topological polar surface area (TPSA) is 51.7 Å². The molecule has 1 aromatic heterocycles. The Morgan fingerprint density at radius 1 is 1.22 bits per heavy atom. The minimum Gasteiger partial charge on any atom is -0.486 e. The molecule has 7 heteroatoms. The molecule has 5 nitrogen and oxygen atoms in total. The summed E-state index contributed by atoms with van der Waals surface area (Å²) in [4.78, 5) is 19.9. The van der Waals surface area contributed by atoms with Gasteiger partial charge in [0.15, 0.2) is 11.5 Å². The van der Waals surface area contributed by atoms with Crippen molar-refractivity contribution in [3.63, 3.8) is 0 Å². The Morgan fingerprint density at radius 3 is 2.96 bits per heavy atom. The van der Waals surface area contributed by atoms with Crippen molar-refractivity contribution in [3.8, 4) is 11.5 Å². The van der Waals surface area contributed by atoms with Gasteiger partial charge >= 0.3 is 0 Å². The van der Waals surface area contributed by atoms with Gasteiger partial charge in [0.05, 0.1) is 21.3 Å². The fourth-order valence-corrected chi connectivity index (χ4v) is 5.08. The lowest BCUT2D eigenvalue weighted by molar-refractivity contribution is 0.0734. The second kappa shape index (κ2) is 6.69. The van der Waals surface area contributed by atoms with Crippen LogP contribution in [0.25, 0.3) is 10.2 Å². The fraction of sp³-hybridized carbons (Fsp3) is 0.300. The zero-order valence-corrected chi connectivity index (χ0v) is 16.1. The number of likely N-dealkylation sites (tertiary alicyclic amines) is 1. The van der Waals surface area contributed by atoms with E-state index >= 15 is 0 Å². The quantitative estimate of drug-likeness (QED) is 0.625. The highest BCUT2D eigenvalue weighted by molar-refractivity contribution is 7.18. The third kappa shape index (κ3) is 2.93. The van der Waals surface area contributed by atoms with Crippen LogP contribution >= 0.6 is 22.9 Å². The highest BCUT2D eigenvalue weighted by atomic mass is 35.5. The third-order valence-electron chi connectivity index (χ3n) is 4.95. The molecule has 1 atom stereocenters. The second-order valence-corrected chi connectivity index (χ2v) is 8.13. The van der Waals surface area contributed by atoms with Gasteiger partial charge in [-0.3, -0.25) is 4.79 Å². The maximum Gasteiger partial charge on any atom is 0.254 e. The molecular weight excluding hydrogens is 384 g/mol. The van der Waals surface area contributed by atoms with Crippen molar-refractivity contribution in [1.82, 2.24) is 9.88 Å². The van der Waals surface area contributed by atoms with Gasteiger partial charge in [0, 0.05) is 12.1 Å². The van der Waals surface area contributed by atoms with Crippen LogP contribution in [-0.2, 0) is 0 Å².